The highest BCUT2D eigenvalue weighted by Crippen LogP contribution is 2.21. The van der Waals surface area contributed by atoms with Crippen LogP contribution in [0.25, 0.3) is 0 Å². The Hall–Kier alpha value is -1.88. The lowest BCUT2D eigenvalue weighted by Crippen LogP contribution is -2.34. The molecule has 20 heavy (non-hydrogen) atoms. The van der Waals surface area contributed by atoms with Crippen LogP contribution in [-0.2, 0) is 11.3 Å². The van der Waals surface area contributed by atoms with Crippen molar-refractivity contribution in [3.63, 3.8) is 0 Å². The summed E-state index contributed by atoms with van der Waals surface area (Å²) in [6.07, 6.45) is 2.42. The number of hydrogen-bond donors (Lipinski definition) is 2. The summed E-state index contributed by atoms with van der Waals surface area (Å²) in [5.41, 5.74) is 6.56. The number of rotatable bonds is 5. The zero-order valence-corrected chi connectivity index (χ0v) is 11.4. The number of primary amides is 1. The average Bonchev–Trinajstić information content (AvgIpc) is 2.41. The van der Waals surface area contributed by atoms with Crippen LogP contribution in [0.5, 0.6) is 0 Å². The van der Waals surface area contributed by atoms with Gasteiger partial charge in [0.05, 0.1) is 5.56 Å². The van der Waals surface area contributed by atoms with Crippen LogP contribution >= 0.6 is 0 Å². The number of nitrogens with zero attached hydrogens (tertiary/aromatic N) is 1. The highest BCUT2D eigenvalue weighted by Gasteiger charge is 2.20. The monoisotopic (exact) mass is 276 g/mol. The third-order valence-electron chi connectivity index (χ3n) is 3.78. The molecule has 2 rings (SSSR count). The maximum Gasteiger partial charge on any atom is 0.335 e. The van der Waals surface area contributed by atoms with E-state index in [4.69, 9.17) is 10.8 Å². The Kier molecular flexibility index (Phi) is 4.74. The second-order valence-corrected chi connectivity index (χ2v) is 5.40. The van der Waals surface area contributed by atoms with E-state index in [1.807, 2.05) is 6.07 Å². The molecule has 1 saturated heterocycles. The summed E-state index contributed by atoms with van der Waals surface area (Å²) in [6, 6.07) is 7.04. The van der Waals surface area contributed by atoms with Crippen molar-refractivity contribution in [3.05, 3.63) is 35.4 Å². The molecule has 1 amide bonds. The number of nitrogens with two attached hydrogens (primary N) is 1. The minimum absolute atomic E-state index is 0.224. The Balaban J connectivity index is 1.88. The van der Waals surface area contributed by atoms with Gasteiger partial charge < -0.3 is 10.8 Å². The number of carbonyl (C=O) groups excluding carboxylic acids is 1. The van der Waals surface area contributed by atoms with E-state index < -0.39 is 5.97 Å². The maximum absolute atomic E-state index is 10.9. The van der Waals surface area contributed by atoms with Crippen LogP contribution in [-0.4, -0.2) is 35.0 Å². The number of hydrogen-bond acceptors (Lipinski definition) is 3. The Labute approximate surface area is 118 Å². The number of benzene rings is 1. The van der Waals surface area contributed by atoms with Gasteiger partial charge in [0.2, 0.25) is 5.91 Å². The van der Waals surface area contributed by atoms with Crippen LogP contribution < -0.4 is 5.73 Å². The summed E-state index contributed by atoms with van der Waals surface area (Å²) in [4.78, 5) is 24.1. The van der Waals surface area contributed by atoms with Crippen molar-refractivity contribution in [2.24, 2.45) is 11.7 Å². The molecule has 0 unspecified atom stereocenters. The van der Waals surface area contributed by atoms with Crippen molar-refractivity contribution in [1.82, 2.24) is 4.90 Å². The quantitative estimate of drug-likeness (QED) is 0.853. The average molecular weight is 276 g/mol. The fourth-order valence-electron chi connectivity index (χ4n) is 2.69. The van der Waals surface area contributed by atoms with E-state index in [0.29, 0.717) is 17.9 Å². The summed E-state index contributed by atoms with van der Waals surface area (Å²) >= 11 is 0. The number of carbonyl (C=O) groups is 2. The lowest BCUT2D eigenvalue weighted by atomic mass is 9.93. The van der Waals surface area contributed by atoms with Gasteiger partial charge in [0.1, 0.15) is 0 Å². The molecule has 5 nitrogen and oxygen atoms in total. The largest absolute Gasteiger partial charge is 0.478 e. The van der Waals surface area contributed by atoms with Crippen molar-refractivity contribution >= 4 is 11.9 Å². The van der Waals surface area contributed by atoms with Crippen molar-refractivity contribution in [3.8, 4) is 0 Å². The molecule has 0 aromatic heterocycles. The molecule has 1 fully saturated rings. The van der Waals surface area contributed by atoms with Gasteiger partial charge in [0.15, 0.2) is 0 Å². The van der Waals surface area contributed by atoms with Gasteiger partial charge in [0.25, 0.3) is 0 Å². The molecule has 0 atom stereocenters. The molecule has 0 spiro atoms. The van der Waals surface area contributed by atoms with Gasteiger partial charge in [-0.1, -0.05) is 12.1 Å². The molecular weight excluding hydrogens is 256 g/mol. The molecule has 108 valence electrons. The fourth-order valence-corrected chi connectivity index (χ4v) is 2.69. The molecule has 0 saturated carbocycles. The summed E-state index contributed by atoms with van der Waals surface area (Å²) < 4.78 is 0. The molecular formula is C15H20N2O3. The third kappa shape index (κ3) is 4.06. The lowest BCUT2D eigenvalue weighted by Gasteiger charge is -2.31. The van der Waals surface area contributed by atoms with E-state index in [0.717, 1.165) is 38.0 Å². The highest BCUT2D eigenvalue weighted by atomic mass is 16.4. The molecule has 3 N–H and O–H groups in total. The van der Waals surface area contributed by atoms with E-state index in [1.54, 1.807) is 18.2 Å². The van der Waals surface area contributed by atoms with Crippen LogP contribution in [0.2, 0.25) is 0 Å². The molecule has 5 heteroatoms. The van der Waals surface area contributed by atoms with Crippen molar-refractivity contribution in [1.29, 1.82) is 0 Å². The van der Waals surface area contributed by atoms with Crippen molar-refractivity contribution in [2.75, 3.05) is 13.1 Å². The lowest BCUT2D eigenvalue weighted by molar-refractivity contribution is -0.119. The second-order valence-electron chi connectivity index (χ2n) is 5.40. The second kappa shape index (κ2) is 6.52. The fraction of sp³-hybridized carbons (Fsp3) is 0.467. The number of amides is 1. The van der Waals surface area contributed by atoms with Crippen LogP contribution in [0.4, 0.5) is 0 Å². The Morgan fingerprint density at radius 2 is 2.00 bits per heavy atom. The number of likely N-dealkylation sites (tertiary alicyclic amines) is 1. The van der Waals surface area contributed by atoms with E-state index >= 15 is 0 Å². The van der Waals surface area contributed by atoms with Crippen molar-refractivity contribution in [2.45, 2.75) is 25.8 Å². The van der Waals surface area contributed by atoms with Gasteiger partial charge in [-0.05, 0) is 49.5 Å². The summed E-state index contributed by atoms with van der Waals surface area (Å²) in [6.45, 7) is 2.61. The summed E-state index contributed by atoms with van der Waals surface area (Å²) in [5.74, 6) is -0.723. The van der Waals surface area contributed by atoms with Gasteiger partial charge in [-0.25, -0.2) is 4.79 Å². The maximum atomic E-state index is 10.9. The molecule has 0 radical (unpaired) electrons. The van der Waals surface area contributed by atoms with Crippen LogP contribution in [0, 0.1) is 5.92 Å². The number of carboxylic acid groups (broad SMARTS) is 1. The van der Waals surface area contributed by atoms with Crippen LogP contribution in [0.1, 0.15) is 35.2 Å². The molecule has 0 bridgehead atoms. The van der Waals surface area contributed by atoms with E-state index in [9.17, 15) is 9.59 Å². The predicted octanol–water partition coefficient (Wildman–Crippen LogP) is 1.47. The number of aromatic carboxylic acids is 1. The molecule has 0 aliphatic carbocycles. The minimum Gasteiger partial charge on any atom is -0.478 e. The first-order valence-corrected chi connectivity index (χ1v) is 6.87. The number of carboxylic acids is 1. The molecule has 1 aliphatic heterocycles. The van der Waals surface area contributed by atoms with E-state index in [1.165, 1.54) is 0 Å². The van der Waals surface area contributed by atoms with Crippen molar-refractivity contribution < 1.29 is 14.7 Å². The Morgan fingerprint density at radius 1 is 1.30 bits per heavy atom. The Morgan fingerprint density at radius 3 is 2.60 bits per heavy atom. The van der Waals surface area contributed by atoms with Gasteiger partial charge in [-0.15, -0.1) is 0 Å². The van der Waals surface area contributed by atoms with E-state index in [-0.39, 0.29) is 5.91 Å². The van der Waals surface area contributed by atoms with Gasteiger partial charge >= 0.3 is 5.97 Å². The van der Waals surface area contributed by atoms with E-state index in [2.05, 4.69) is 4.90 Å². The highest BCUT2D eigenvalue weighted by molar-refractivity contribution is 5.87. The SMILES string of the molecule is NC(=O)CC1CCN(Cc2cccc(C(=O)O)c2)CC1. The minimum atomic E-state index is -0.896. The van der Waals surface area contributed by atoms with Gasteiger partial charge in [-0.3, -0.25) is 9.69 Å². The predicted molar refractivity (Wildman–Crippen MR) is 75.2 cm³/mol. The zero-order chi connectivity index (χ0) is 14.5. The van der Waals surface area contributed by atoms with Gasteiger partial charge in [0, 0.05) is 13.0 Å². The topological polar surface area (TPSA) is 83.6 Å². The molecule has 1 aromatic rings. The first-order valence-electron chi connectivity index (χ1n) is 6.87. The first-order chi connectivity index (χ1) is 9.54. The smallest absolute Gasteiger partial charge is 0.335 e. The zero-order valence-electron chi connectivity index (χ0n) is 11.4. The molecule has 1 aromatic carbocycles. The summed E-state index contributed by atoms with van der Waals surface area (Å²) in [5, 5.41) is 8.98. The standard InChI is InChI=1S/C15H20N2O3/c16-14(18)9-11-4-6-17(7-5-11)10-12-2-1-3-13(8-12)15(19)20/h1-3,8,11H,4-7,9-10H2,(H2,16,18)(H,19,20). The third-order valence-corrected chi connectivity index (χ3v) is 3.78. The summed E-state index contributed by atoms with van der Waals surface area (Å²) in [7, 11) is 0. The van der Waals surface area contributed by atoms with Crippen LogP contribution in [0.15, 0.2) is 24.3 Å². The van der Waals surface area contributed by atoms with Gasteiger partial charge in [-0.2, -0.15) is 0 Å². The molecule has 1 aliphatic rings. The number of piperidine rings is 1. The first kappa shape index (κ1) is 14.5. The molecule has 1 heterocycles. The Bertz CT molecular complexity index is 494. The van der Waals surface area contributed by atoms with Crippen LogP contribution in [0.3, 0.4) is 0 Å². The normalized spacial score (nSPS) is 17.0.